The molecule has 2 N–H and O–H groups in total. The molecule has 4 rings (SSSR count). The molecule has 166 valence electrons. The number of hydrogen-bond donors (Lipinski definition) is 2. The van der Waals surface area contributed by atoms with E-state index in [1.165, 1.54) is 16.9 Å². The van der Waals surface area contributed by atoms with E-state index in [0.29, 0.717) is 28.4 Å². The number of benzene rings is 3. The zero-order chi connectivity index (χ0) is 23.2. The van der Waals surface area contributed by atoms with Gasteiger partial charge in [0.25, 0.3) is 11.8 Å². The number of anilines is 2. The Kier molecular flexibility index (Phi) is 6.45. The van der Waals surface area contributed by atoms with Gasteiger partial charge < -0.3 is 15.4 Å². The quantitative estimate of drug-likeness (QED) is 0.437. The third kappa shape index (κ3) is 5.24. The van der Waals surface area contributed by atoms with Gasteiger partial charge in [0.05, 0.1) is 17.5 Å². The van der Waals surface area contributed by atoms with Gasteiger partial charge in [-0.15, -0.1) is 0 Å². The van der Waals surface area contributed by atoms with E-state index in [1.54, 1.807) is 61.5 Å². The van der Waals surface area contributed by atoms with Gasteiger partial charge in [0.2, 0.25) is 0 Å². The first-order chi connectivity index (χ1) is 16.0. The van der Waals surface area contributed by atoms with Crippen molar-refractivity contribution in [2.45, 2.75) is 6.92 Å². The summed E-state index contributed by atoms with van der Waals surface area (Å²) in [4.78, 5) is 24.9. The fraction of sp³-hybridized carbons (Fsp3) is 0.0800. The van der Waals surface area contributed by atoms with E-state index in [2.05, 4.69) is 15.7 Å². The van der Waals surface area contributed by atoms with Crippen LogP contribution in [0.1, 0.15) is 16.1 Å². The normalized spacial score (nSPS) is 10.5. The molecular formula is C25H21FN4O3. The molecule has 0 aliphatic carbocycles. The number of ether oxygens (including phenoxy) is 1. The maximum Gasteiger partial charge on any atom is 0.262 e. The molecule has 0 aliphatic rings. The Hall–Kier alpha value is -4.46. The molecule has 1 aromatic heterocycles. The minimum absolute atomic E-state index is 0.180. The molecule has 8 heteroatoms. The molecule has 1 heterocycles. The number of amides is 2. The van der Waals surface area contributed by atoms with Crippen molar-refractivity contribution in [1.82, 2.24) is 9.78 Å². The summed E-state index contributed by atoms with van der Waals surface area (Å²) < 4.78 is 21.0. The summed E-state index contributed by atoms with van der Waals surface area (Å²) in [7, 11) is 0. The SMILES string of the molecule is Cc1c(C(=O)Nc2cccc(OCC(=O)Nc3ccccc3)c2)cnn1-c1ccccc1F. The zero-order valence-corrected chi connectivity index (χ0v) is 17.8. The summed E-state index contributed by atoms with van der Waals surface area (Å²) in [6, 6.07) is 22.0. The predicted molar refractivity (Wildman–Crippen MR) is 123 cm³/mol. The molecule has 0 spiro atoms. The van der Waals surface area contributed by atoms with Crippen LogP contribution in [0.2, 0.25) is 0 Å². The minimum Gasteiger partial charge on any atom is -0.484 e. The van der Waals surface area contributed by atoms with E-state index in [0.717, 1.165) is 0 Å². The van der Waals surface area contributed by atoms with E-state index in [9.17, 15) is 14.0 Å². The number of nitrogens with zero attached hydrogens (tertiary/aromatic N) is 2. The topological polar surface area (TPSA) is 85.2 Å². The summed E-state index contributed by atoms with van der Waals surface area (Å²) in [6.07, 6.45) is 1.39. The number of aromatic nitrogens is 2. The first kappa shape index (κ1) is 21.8. The number of carbonyl (C=O) groups excluding carboxylic acids is 2. The van der Waals surface area contributed by atoms with Crippen molar-refractivity contribution >= 4 is 23.2 Å². The highest BCUT2D eigenvalue weighted by Crippen LogP contribution is 2.21. The van der Waals surface area contributed by atoms with Gasteiger partial charge in [-0.05, 0) is 43.3 Å². The van der Waals surface area contributed by atoms with Gasteiger partial charge in [0, 0.05) is 17.4 Å². The summed E-state index contributed by atoms with van der Waals surface area (Å²) in [5.41, 5.74) is 2.24. The third-order valence-corrected chi connectivity index (χ3v) is 4.85. The van der Waals surface area contributed by atoms with Crippen LogP contribution in [0.25, 0.3) is 5.69 Å². The molecule has 0 saturated heterocycles. The molecule has 0 atom stereocenters. The molecule has 0 radical (unpaired) electrons. The average molecular weight is 444 g/mol. The van der Waals surface area contributed by atoms with Gasteiger partial charge in [-0.25, -0.2) is 9.07 Å². The summed E-state index contributed by atoms with van der Waals surface area (Å²) in [5, 5.41) is 9.67. The van der Waals surface area contributed by atoms with Crippen LogP contribution >= 0.6 is 0 Å². The highest BCUT2D eigenvalue weighted by atomic mass is 19.1. The number of carbonyl (C=O) groups is 2. The first-order valence-electron chi connectivity index (χ1n) is 10.2. The Morgan fingerprint density at radius 1 is 0.939 bits per heavy atom. The van der Waals surface area contributed by atoms with E-state index in [-0.39, 0.29) is 18.2 Å². The second kappa shape index (κ2) is 9.78. The van der Waals surface area contributed by atoms with Crippen molar-refractivity contribution in [3.63, 3.8) is 0 Å². The maximum atomic E-state index is 14.1. The van der Waals surface area contributed by atoms with E-state index in [1.807, 2.05) is 18.2 Å². The van der Waals surface area contributed by atoms with Crippen LogP contribution < -0.4 is 15.4 Å². The standard InChI is InChI=1S/C25H21FN4O3/c1-17-21(15-27-30(17)23-13-6-5-12-22(23)26)25(32)29-19-10-7-11-20(14-19)33-16-24(31)28-18-8-3-2-4-9-18/h2-15H,16H2,1H3,(H,28,31)(H,29,32). The minimum atomic E-state index is -0.434. The van der Waals surface area contributed by atoms with Gasteiger partial charge in [0.15, 0.2) is 6.61 Å². The maximum absolute atomic E-state index is 14.1. The number of rotatable bonds is 7. The Morgan fingerprint density at radius 2 is 1.67 bits per heavy atom. The van der Waals surface area contributed by atoms with Gasteiger partial charge >= 0.3 is 0 Å². The van der Waals surface area contributed by atoms with E-state index >= 15 is 0 Å². The van der Waals surface area contributed by atoms with Crippen molar-refractivity contribution < 1.29 is 18.7 Å². The van der Waals surface area contributed by atoms with Gasteiger partial charge in [-0.1, -0.05) is 36.4 Å². The number of halogens is 1. The molecular weight excluding hydrogens is 423 g/mol. The largest absolute Gasteiger partial charge is 0.484 e. The monoisotopic (exact) mass is 444 g/mol. The van der Waals surface area contributed by atoms with Crippen LogP contribution in [0.5, 0.6) is 5.75 Å². The number of nitrogens with one attached hydrogen (secondary N) is 2. The zero-order valence-electron chi connectivity index (χ0n) is 17.8. The Balaban J connectivity index is 1.40. The van der Waals surface area contributed by atoms with Crippen LogP contribution in [0.3, 0.4) is 0 Å². The average Bonchev–Trinajstić information content (AvgIpc) is 3.20. The molecule has 0 bridgehead atoms. The fourth-order valence-electron chi connectivity index (χ4n) is 3.23. The summed E-state index contributed by atoms with van der Waals surface area (Å²) in [6.45, 7) is 1.51. The lowest BCUT2D eigenvalue weighted by Gasteiger charge is -2.10. The van der Waals surface area contributed by atoms with Crippen molar-refractivity contribution in [3.05, 3.63) is 102 Å². The van der Waals surface area contributed by atoms with Gasteiger partial charge in [-0.2, -0.15) is 5.10 Å². The lowest BCUT2D eigenvalue weighted by molar-refractivity contribution is -0.118. The lowest BCUT2D eigenvalue weighted by atomic mass is 10.2. The lowest BCUT2D eigenvalue weighted by Crippen LogP contribution is -2.20. The third-order valence-electron chi connectivity index (χ3n) is 4.85. The number of para-hydroxylation sites is 2. The fourth-order valence-corrected chi connectivity index (χ4v) is 3.23. The molecule has 2 amide bonds. The molecule has 0 unspecified atom stereocenters. The van der Waals surface area contributed by atoms with Crippen LogP contribution in [-0.2, 0) is 4.79 Å². The van der Waals surface area contributed by atoms with Crippen LogP contribution in [-0.4, -0.2) is 28.2 Å². The van der Waals surface area contributed by atoms with Gasteiger partial charge in [-0.3, -0.25) is 9.59 Å². The molecule has 33 heavy (non-hydrogen) atoms. The van der Waals surface area contributed by atoms with Crippen molar-refractivity contribution in [1.29, 1.82) is 0 Å². The summed E-state index contributed by atoms with van der Waals surface area (Å²) in [5.74, 6) is -0.701. The highest BCUT2D eigenvalue weighted by Gasteiger charge is 2.17. The van der Waals surface area contributed by atoms with Crippen LogP contribution in [0, 0.1) is 12.7 Å². The molecule has 0 fully saturated rings. The van der Waals surface area contributed by atoms with Crippen LogP contribution in [0.4, 0.5) is 15.8 Å². The van der Waals surface area contributed by atoms with Gasteiger partial charge in [0.1, 0.15) is 17.3 Å². The molecule has 0 aliphatic heterocycles. The van der Waals surface area contributed by atoms with Crippen molar-refractivity contribution in [2.24, 2.45) is 0 Å². The first-order valence-corrected chi connectivity index (χ1v) is 10.2. The summed E-state index contributed by atoms with van der Waals surface area (Å²) >= 11 is 0. The number of hydrogen-bond acceptors (Lipinski definition) is 4. The van der Waals surface area contributed by atoms with Crippen molar-refractivity contribution in [2.75, 3.05) is 17.2 Å². The Bertz CT molecular complexity index is 1290. The Morgan fingerprint density at radius 3 is 2.45 bits per heavy atom. The highest BCUT2D eigenvalue weighted by molar-refractivity contribution is 6.05. The smallest absolute Gasteiger partial charge is 0.262 e. The Labute approximate surface area is 189 Å². The van der Waals surface area contributed by atoms with E-state index in [4.69, 9.17) is 4.74 Å². The molecule has 4 aromatic rings. The van der Waals surface area contributed by atoms with Crippen LogP contribution in [0.15, 0.2) is 85.1 Å². The molecule has 0 saturated carbocycles. The van der Waals surface area contributed by atoms with Crippen molar-refractivity contribution in [3.8, 4) is 11.4 Å². The predicted octanol–water partition coefficient (Wildman–Crippen LogP) is 4.59. The molecule has 3 aromatic carbocycles. The van der Waals surface area contributed by atoms with E-state index < -0.39 is 11.7 Å². The second-order valence-electron chi connectivity index (χ2n) is 7.19. The molecule has 7 nitrogen and oxygen atoms in total. The second-order valence-corrected chi connectivity index (χ2v) is 7.19.